The van der Waals surface area contributed by atoms with Crippen molar-refractivity contribution in [2.24, 2.45) is 0 Å². The van der Waals surface area contributed by atoms with Gasteiger partial charge in [-0.3, -0.25) is 14.3 Å². The van der Waals surface area contributed by atoms with Gasteiger partial charge in [0.1, 0.15) is 6.54 Å². The summed E-state index contributed by atoms with van der Waals surface area (Å²) in [5.74, 6) is -0.768. The molecule has 0 unspecified atom stereocenters. The Hall–Kier alpha value is -4.27. The van der Waals surface area contributed by atoms with Crippen LogP contribution in [0.25, 0.3) is 33.6 Å². The van der Waals surface area contributed by atoms with Crippen molar-refractivity contribution in [3.63, 3.8) is 0 Å². The number of aryl methyl sites for hydroxylation is 1. The number of carbonyl (C=O) groups is 1. The van der Waals surface area contributed by atoms with Gasteiger partial charge in [-0.1, -0.05) is 18.2 Å². The molecule has 5 rings (SSSR count). The van der Waals surface area contributed by atoms with E-state index in [0.717, 1.165) is 16.6 Å². The third-order valence-electron chi connectivity index (χ3n) is 5.02. The van der Waals surface area contributed by atoms with Gasteiger partial charge in [-0.15, -0.1) is 0 Å². The van der Waals surface area contributed by atoms with E-state index in [1.54, 1.807) is 29.0 Å². The number of hydrogen-bond donors (Lipinski definition) is 1. The van der Waals surface area contributed by atoms with Gasteiger partial charge in [0.25, 0.3) is 0 Å². The van der Waals surface area contributed by atoms with Crippen LogP contribution in [0.1, 0.15) is 5.56 Å². The summed E-state index contributed by atoms with van der Waals surface area (Å²) < 4.78 is 4.38. The molecule has 0 aliphatic rings. The van der Waals surface area contributed by atoms with E-state index in [2.05, 4.69) is 15.1 Å². The summed E-state index contributed by atoms with van der Waals surface area (Å²) in [5.41, 5.74) is 3.86. The van der Waals surface area contributed by atoms with E-state index in [1.807, 2.05) is 37.4 Å². The number of rotatable bonds is 4. The maximum Gasteiger partial charge on any atom is 0.335 e. The molecule has 30 heavy (non-hydrogen) atoms. The lowest BCUT2D eigenvalue weighted by Gasteiger charge is -2.05. The first-order valence-electron chi connectivity index (χ1n) is 9.22. The van der Waals surface area contributed by atoms with Crippen molar-refractivity contribution in [3.8, 4) is 17.1 Å². The number of carboxylic acid groups (broad SMARTS) is 1. The topological polar surface area (TPSA) is 107 Å². The second-order valence-electron chi connectivity index (χ2n) is 6.89. The van der Waals surface area contributed by atoms with E-state index in [1.165, 1.54) is 15.3 Å². The lowest BCUT2D eigenvalue weighted by molar-refractivity contribution is -0.137. The zero-order valence-electron chi connectivity index (χ0n) is 15.9. The van der Waals surface area contributed by atoms with Gasteiger partial charge >= 0.3 is 11.7 Å². The number of aliphatic carboxylic acids is 1. The molecule has 0 atom stereocenters. The summed E-state index contributed by atoms with van der Waals surface area (Å²) in [6, 6.07) is 11.1. The number of aromatic nitrogens is 6. The summed E-state index contributed by atoms with van der Waals surface area (Å²) >= 11 is 0. The second kappa shape index (κ2) is 6.66. The van der Waals surface area contributed by atoms with Gasteiger partial charge in [-0.05, 0) is 30.7 Å². The Balaban J connectivity index is 1.67. The molecule has 1 N–H and O–H groups in total. The van der Waals surface area contributed by atoms with Crippen LogP contribution >= 0.6 is 0 Å². The normalized spacial score (nSPS) is 11.4. The maximum absolute atomic E-state index is 13.0. The summed E-state index contributed by atoms with van der Waals surface area (Å²) in [5, 5.41) is 13.5. The van der Waals surface area contributed by atoms with Gasteiger partial charge in [0.15, 0.2) is 5.82 Å². The van der Waals surface area contributed by atoms with Crippen molar-refractivity contribution in [2.75, 3.05) is 0 Å². The highest BCUT2D eigenvalue weighted by Crippen LogP contribution is 2.24. The molecule has 5 aromatic rings. The third kappa shape index (κ3) is 2.67. The number of nitrogens with zero attached hydrogens (tertiary/aromatic N) is 6. The molecular weight excluding hydrogens is 384 g/mol. The molecule has 4 aromatic heterocycles. The first-order valence-corrected chi connectivity index (χ1v) is 9.22. The van der Waals surface area contributed by atoms with Gasteiger partial charge in [-0.2, -0.15) is 5.10 Å². The molecule has 0 aliphatic heterocycles. The summed E-state index contributed by atoms with van der Waals surface area (Å²) in [6.45, 7) is 1.43. The van der Waals surface area contributed by atoms with E-state index in [-0.39, 0.29) is 0 Å². The van der Waals surface area contributed by atoms with Crippen molar-refractivity contribution in [1.29, 1.82) is 0 Å². The van der Waals surface area contributed by atoms with Crippen LogP contribution in [0.5, 0.6) is 0 Å². The minimum Gasteiger partial charge on any atom is -0.480 e. The molecule has 0 bridgehead atoms. The highest BCUT2D eigenvalue weighted by atomic mass is 16.4. The Bertz CT molecular complexity index is 1480. The van der Waals surface area contributed by atoms with Crippen LogP contribution in [0.15, 0.2) is 66.0 Å². The number of para-hydroxylation sites is 1. The Morgan fingerprint density at radius 1 is 1.03 bits per heavy atom. The minimum absolute atomic E-state index is 0.323. The van der Waals surface area contributed by atoms with Crippen molar-refractivity contribution >= 4 is 22.5 Å². The third-order valence-corrected chi connectivity index (χ3v) is 5.02. The van der Waals surface area contributed by atoms with Crippen LogP contribution in [0, 0.1) is 6.92 Å². The average Bonchev–Trinajstić information content (AvgIpc) is 3.29. The van der Waals surface area contributed by atoms with Crippen molar-refractivity contribution in [1.82, 2.24) is 28.7 Å². The summed E-state index contributed by atoms with van der Waals surface area (Å²) in [4.78, 5) is 33.3. The highest BCUT2D eigenvalue weighted by molar-refractivity contribution is 5.83. The molecule has 9 nitrogen and oxygen atoms in total. The van der Waals surface area contributed by atoms with Crippen LogP contribution in [-0.2, 0) is 11.3 Å². The Morgan fingerprint density at radius 2 is 1.87 bits per heavy atom. The van der Waals surface area contributed by atoms with Gasteiger partial charge in [0, 0.05) is 11.8 Å². The maximum atomic E-state index is 13.0. The molecule has 0 fully saturated rings. The van der Waals surface area contributed by atoms with Gasteiger partial charge < -0.3 is 5.11 Å². The van der Waals surface area contributed by atoms with E-state index >= 15 is 0 Å². The van der Waals surface area contributed by atoms with Crippen molar-refractivity contribution < 1.29 is 9.90 Å². The smallest absolute Gasteiger partial charge is 0.335 e. The predicted octanol–water partition coefficient (Wildman–Crippen LogP) is 2.29. The van der Waals surface area contributed by atoms with Crippen LogP contribution < -0.4 is 5.69 Å². The van der Waals surface area contributed by atoms with Crippen LogP contribution in [0.2, 0.25) is 0 Å². The van der Waals surface area contributed by atoms with Crippen molar-refractivity contribution in [3.05, 3.63) is 77.2 Å². The molecule has 4 heterocycles. The molecule has 0 amide bonds. The van der Waals surface area contributed by atoms with Crippen LogP contribution in [0.3, 0.4) is 0 Å². The monoisotopic (exact) mass is 400 g/mol. The number of fused-ring (bicyclic) bond motifs is 2. The Morgan fingerprint density at radius 3 is 2.63 bits per heavy atom. The summed E-state index contributed by atoms with van der Waals surface area (Å²) in [6.07, 6.45) is 6.67. The Kier molecular flexibility index (Phi) is 3.95. The van der Waals surface area contributed by atoms with E-state index in [9.17, 15) is 14.7 Å². The lowest BCUT2D eigenvalue weighted by atomic mass is 10.2. The zero-order chi connectivity index (χ0) is 20.8. The van der Waals surface area contributed by atoms with E-state index in [0.29, 0.717) is 22.5 Å². The molecule has 0 saturated carbocycles. The fourth-order valence-corrected chi connectivity index (χ4v) is 3.68. The van der Waals surface area contributed by atoms with Gasteiger partial charge in [0.2, 0.25) is 0 Å². The number of imidazole rings is 1. The molecule has 1 aromatic carbocycles. The SMILES string of the molecule is Cc1cccc2c1n(-c1cnc(-c3cnn4ccccc34)cn1)c(=O)n2CC(=O)O. The first kappa shape index (κ1) is 17.8. The first-order chi connectivity index (χ1) is 14.5. The van der Waals surface area contributed by atoms with E-state index in [4.69, 9.17) is 0 Å². The zero-order valence-corrected chi connectivity index (χ0v) is 15.9. The largest absolute Gasteiger partial charge is 0.480 e. The van der Waals surface area contributed by atoms with Gasteiger partial charge in [-0.25, -0.2) is 18.9 Å². The fraction of sp³-hybridized carbons (Fsp3) is 0.0952. The Labute approximate surface area is 169 Å². The second-order valence-corrected chi connectivity index (χ2v) is 6.89. The molecule has 0 aliphatic carbocycles. The lowest BCUT2D eigenvalue weighted by Crippen LogP contribution is -2.26. The standard InChI is InChI=1S/C21H16N6O3/c1-13-5-4-7-17-20(13)27(21(30)25(17)12-19(28)29)18-11-22-15(10-23-18)14-9-24-26-8-3-2-6-16(14)26/h2-11H,12H2,1H3,(H,28,29). The molecule has 0 spiro atoms. The molecule has 9 heteroatoms. The number of pyridine rings is 1. The number of benzene rings is 1. The van der Waals surface area contributed by atoms with E-state index < -0.39 is 18.2 Å². The molecule has 0 radical (unpaired) electrons. The quantitative estimate of drug-likeness (QED) is 0.496. The molecule has 148 valence electrons. The number of carboxylic acids is 1. The predicted molar refractivity (Wildman–Crippen MR) is 110 cm³/mol. The van der Waals surface area contributed by atoms with Crippen LogP contribution in [0.4, 0.5) is 0 Å². The number of hydrogen-bond acceptors (Lipinski definition) is 5. The average molecular weight is 400 g/mol. The van der Waals surface area contributed by atoms with Gasteiger partial charge in [0.05, 0.1) is 40.8 Å². The molecule has 0 saturated heterocycles. The minimum atomic E-state index is -1.09. The fourth-order valence-electron chi connectivity index (χ4n) is 3.68. The summed E-state index contributed by atoms with van der Waals surface area (Å²) in [7, 11) is 0. The molecular formula is C21H16N6O3. The van der Waals surface area contributed by atoms with Crippen LogP contribution in [-0.4, -0.2) is 39.8 Å². The highest BCUT2D eigenvalue weighted by Gasteiger charge is 2.19. The van der Waals surface area contributed by atoms with Crippen molar-refractivity contribution in [2.45, 2.75) is 13.5 Å².